The number of aromatic hydroxyl groups is 1. The number of carbonyl (C=O) groups is 1. The molecule has 0 atom stereocenters. The number of phenolic OH excluding ortho intramolecular Hbond substituents is 1. The highest BCUT2D eigenvalue weighted by Crippen LogP contribution is 2.30. The van der Waals surface area contributed by atoms with Crippen LogP contribution in [-0.2, 0) is 11.0 Å². The summed E-state index contributed by atoms with van der Waals surface area (Å²) in [5.41, 5.74) is -0.883. The number of halogens is 3. The van der Waals surface area contributed by atoms with E-state index < -0.39 is 17.6 Å². The number of hydrogen-bond acceptors (Lipinski definition) is 3. The molecule has 2 rings (SSSR count). The number of nitriles is 1. The molecule has 0 unspecified atom stereocenters. The third-order valence-electron chi connectivity index (χ3n) is 2.99. The number of hydrogen-bond donors (Lipinski definition) is 2. The van der Waals surface area contributed by atoms with Crippen LogP contribution in [0.1, 0.15) is 11.1 Å². The maximum absolute atomic E-state index is 12.7. The van der Waals surface area contributed by atoms with Gasteiger partial charge in [0.1, 0.15) is 17.4 Å². The number of nitrogens with zero attached hydrogens (tertiary/aromatic N) is 1. The van der Waals surface area contributed by atoms with Crippen LogP contribution in [0.3, 0.4) is 0 Å². The Labute approximate surface area is 135 Å². The van der Waals surface area contributed by atoms with Gasteiger partial charge in [-0.15, -0.1) is 0 Å². The van der Waals surface area contributed by atoms with Crippen molar-refractivity contribution in [2.24, 2.45) is 0 Å². The largest absolute Gasteiger partial charge is 0.508 e. The average molecular weight is 332 g/mol. The highest BCUT2D eigenvalue weighted by molar-refractivity contribution is 6.09. The number of alkyl halides is 3. The van der Waals surface area contributed by atoms with Gasteiger partial charge < -0.3 is 10.4 Å². The SMILES string of the molecule is N#C/C(=C/c1cccc(O)c1)C(=O)Nc1cccc(C(F)(F)F)c1. The van der Waals surface area contributed by atoms with Crippen molar-refractivity contribution in [1.82, 2.24) is 0 Å². The number of anilines is 1. The Morgan fingerprint density at radius 2 is 1.88 bits per heavy atom. The highest BCUT2D eigenvalue weighted by atomic mass is 19.4. The number of nitrogens with one attached hydrogen (secondary N) is 1. The minimum absolute atomic E-state index is 0.0423. The molecule has 24 heavy (non-hydrogen) atoms. The lowest BCUT2D eigenvalue weighted by Crippen LogP contribution is -2.14. The zero-order chi connectivity index (χ0) is 17.7. The fourth-order valence-electron chi connectivity index (χ4n) is 1.90. The molecule has 0 aliphatic carbocycles. The fraction of sp³-hybridized carbons (Fsp3) is 0.0588. The van der Waals surface area contributed by atoms with Crippen molar-refractivity contribution in [3.8, 4) is 11.8 Å². The first-order valence-electron chi connectivity index (χ1n) is 6.69. The molecule has 2 aromatic rings. The van der Waals surface area contributed by atoms with E-state index in [-0.39, 0.29) is 17.0 Å². The van der Waals surface area contributed by atoms with Crippen molar-refractivity contribution in [3.05, 3.63) is 65.2 Å². The van der Waals surface area contributed by atoms with Crippen LogP contribution < -0.4 is 5.32 Å². The molecule has 0 heterocycles. The molecule has 2 N–H and O–H groups in total. The number of amides is 1. The molecule has 0 radical (unpaired) electrons. The zero-order valence-corrected chi connectivity index (χ0v) is 12.1. The van der Waals surface area contributed by atoms with E-state index in [0.717, 1.165) is 18.2 Å². The smallest absolute Gasteiger partial charge is 0.416 e. The summed E-state index contributed by atoms with van der Waals surface area (Å²) < 4.78 is 38.0. The van der Waals surface area contributed by atoms with Gasteiger partial charge in [-0.1, -0.05) is 18.2 Å². The van der Waals surface area contributed by atoms with Crippen molar-refractivity contribution in [3.63, 3.8) is 0 Å². The predicted molar refractivity (Wildman–Crippen MR) is 81.8 cm³/mol. The molecule has 0 bridgehead atoms. The Morgan fingerprint density at radius 1 is 1.17 bits per heavy atom. The summed E-state index contributed by atoms with van der Waals surface area (Å²) in [7, 11) is 0. The lowest BCUT2D eigenvalue weighted by Gasteiger charge is -2.09. The number of phenols is 1. The van der Waals surface area contributed by atoms with Crippen LogP contribution in [0, 0.1) is 11.3 Å². The Balaban J connectivity index is 2.23. The number of rotatable bonds is 3. The lowest BCUT2D eigenvalue weighted by molar-refractivity contribution is -0.137. The summed E-state index contributed by atoms with van der Waals surface area (Å²) in [5.74, 6) is -0.889. The molecule has 0 saturated carbocycles. The number of carbonyl (C=O) groups excluding carboxylic acids is 1. The third kappa shape index (κ3) is 4.36. The van der Waals surface area contributed by atoms with Crippen molar-refractivity contribution in [1.29, 1.82) is 5.26 Å². The maximum atomic E-state index is 12.7. The molecule has 0 aliphatic heterocycles. The van der Waals surface area contributed by atoms with Crippen LogP contribution in [-0.4, -0.2) is 11.0 Å². The van der Waals surface area contributed by atoms with Crippen LogP contribution in [0.5, 0.6) is 5.75 Å². The van der Waals surface area contributed by atoms with Gasteiger partial charge in [-0.25, -0.2) is 0 Å². The molecule has 0 aromatic heterocycles. The van der Waals surface area contributed by atoms with Gasteiger partial charge in [-0.2, -0.15) is 18.4 Å². The normalized spacial score (nSPS) is 11.7. The molecule has 0 saturated heterocycles. The summed E-state index contributed by atoms with van der Waals surface area (Å²) in [6.45, 7) is 0. The van der Waals surface area contributed by atoms with E-state index in [9.17, 15) is 23.1 Å². The second-order valence-electron chi connectivity index (χ2n) is 4.80. The molecule has 0 spiro atoms. The maximum Gasteiger partial charge on any atom is 0.416 e. The van der Waals surface area contributed by atoms with E-state index in [1.54, 1.807) is 12.1 Å². The number of benzene rings is 2. The zero-order valence-electron chi connectivity index (χ0n) is 12.1. The Kier molecular flexibility index (Phi) is 4.90. The average Bonchev–Trinajstić information content (AvgIpc) is 2.52. The Hall–Kier alpha value is -3.27. The first-order valence-corrected chi connectivity index (χ1v) is 6.69. The van der Waals surface area contributed by atoms with Crippen molar-refractivity contribution < 1.29 is 23.1 Å². The van der Waals surface area contributed by atoms with Crippen molar-refractivity contribution in [2.75, 3.05) is 5.32 Å². The molecule has 2 aromatic carbocycles. The third-order valence-corrected chi connectivity index (χ3v) is 2.99. The van der Waals surface area contributed by atoms with Crippen LogP contribution in [0.2, 0.25) is 0 Å². The summed E-state index contributed by atoms with van der Waals surface area (Å²) in [5, 5.41) is 20.7. The topological polar surface area (TPSA) is 73.1 Å². The lowest BCUT2D eigenvalue weighted by atomic mass is 10.1. The molecule has 122 valence electrons. The van der Waals surface area contributed by atoms with Gasteiger partial charge in [-0.05, 0) is 42.0 Å². The van der Waals surface area contributed by atoms with Crippen LogP contribution >= 0.6 is 0 Å². The van der Waals surface area contributed by atoms with Gasteiger partial charge in [0, 0.05) is 5.69 Å². The summed E-state index contributed by atoms with van der Waals surface area (Å²) in [4.78, 5) is 12.0. The van der Waals surface area contributed by atoms with Gasteiger partial charge in [0.15, 0.2) is 0 Å². The van der Waals surface area contributed by atoms with E-state index in [4.69, 9.17) is 5.26 Å². The van der Waals surface area contributed by atoms with E-state index in [0.29, 0.717) is 5.56 Å². The van der Waals surface area contributed by atoms with Gasteiger partial charge >= 0.3 is 6.18 Å². The molecule has 4 nitrogen and oxygen atoms in total. The molecule has 7 heteroatoms. The van der Waals surface area contributed by atoms with Gasteiger partial charge in [0.05, 0.1) is 5.56 Å². The Bertz CT molecular complexity index is 836. The van der Waals surface area contributed by atoms with E-state index >= 15 is 0 Å². The molecule has 0 aliphatic rings. The second kappa shape index (κ2) is 6.87. The first-order chi connectivity index (χ1) is 11.3. The summed E-state index contributed by atoms with van der Waals surface area (Å²) in [6, 6.07) is 11.6. The fourth-order valence-corrected chi connectivity index (χ4v) is 1.90. The Morgan fingerprint density at radius 3 is 2.50 bits per heavy atom. The molecular weight excluding hydrogens is 321 g/mol. The molecule has 0 fully saturated rings. The van der Waals surface area contributed by atoms with E-state index in [1.165, 1.54) is 30.3 Å². The van der Waals surface area contributed by atoms with E-state index in [2.05, 4.69) is 5.32 Å². The van der Waals surface area contributed by atoms with Gasteiger partial charge in [0.25, 0.3) is 5.91 Å². The monoisotopic (exact) mass is 332 g/mol. The highest BCUT2D eigenvalue weighted by Gasteiger charge is 2.30. The van der Waals surface area contributed by atoms with Gasteiger partial charge in [-0.3, -0.25) is 4.79 Å². The summed E-state index contributed by atoms with van der Waals surface area (Å²) >= 11 is 0. The first kappa shape index (κ1) is 17.1. The van der Waals surface area contributed by atoms with E-state index in [1.807, 2.05) is 0 Å². The predicted octanol–water partition coefficient (Wildman–Crippen LogP) is 3.96. The van der Waals surface area contributed by atoms with Crippen LogP contribution in [0.15, 0.2) is 54.1 Å². The van der Waals surface area contributed by atoms with Gasteiger partial charge in [0.2, 0.25) is 0 Å². The summed E-state index contributed by atoms with van der Waals surface area (Å²) in [6.07, 6.45) is -3.31. The van der Waals surface area contributed by atoms with Crippen molar-refractivity contribution in [2.45, 2.75) is 6.18 Å². The standard InChI is InChI=1S/C17H11F3N2O2/c18-17(19,20)13-4-2-5-14(9-13)22-16(24)12(10-21)7-11-3-1-6-15(23)8-11/h1-9,23H,(H,22,24)/b12-7-. The second-order valence-corrected chi connectivity index (χ2v) is 4.80. The van der Waals surface area contributed by atoms with Crippen molar-refractivity contribution >= 4 is 17.7 Å². The minimum atomic E-state index is -4.53. The minimum Gasteiger partial charge on any atom is -0.508 e. The molecule has 1 amide bonds. The molecular formula is C17H11F3N2O2. The quantitative estimate of drug-likeness (QED) is 0.660. The van der Waals surface area contributed by atoms with Crippen LogP contribution in [0.4, 0.5) is 18.9 Å². The van der Waals surface area contributed by atoms with Crippen LogP contribution in [0.25, 0.3) is 6.08 Å².